The first-order valence-electron chi connectivity index (χ1n) is 4.92. The molecule has 0 saturated carbocycles. The Morgan fingerprint density at radius 2 is 2.24 bits per heavy atom. The fourth-order valence-electron chi connectivity index (χ4n) is 1.02. The molecule has 1 aromatic rings. The third kappa shape index (κ3) is 4.78. The number of anilines is 1. The van der Waals surface area contributed by atoms with Crippen LogP contribution in [0.1, 0.15) is 6.92 Å². The van der Waals surface area contributed by atoms with Gasteiger partial charge in [-0.05, 0) is 13.0 Å². The third-order valence-corrected chi connectivity index (χ3v) is 1.67. The molecule has 0 bridgehead atoms. The highest BCUT2D eigenvalue weighted by Crippen LogP contribution is 2.11. The highest BCUT2D eigenvalue weighted by molar-refractivity contribution is 6.02. The summed E-state index contributed by atoms with van der Waals surface area (Å²) in [5, 5.41) is 10.8. The van der Waals surface area contributed by atoms with Gasteiger partial charge in [-0.3, -0.25) is 4.79 Å². The molecular weight excluding hydrogens is 224 g/mol. The molecule has 0 saturated heterocycles. The van der Waals surface area contributed by atoms with Crippen molar-refractivity contribution in [1.29, 1.82) is 0 Å². The number of ether oxygens (including phenoxy) is 1. The van der Waals surface area contributed by atoms with E-state index < -0.39 is 11.9 Å². The molecule has 2 N–H and O–H groups in total. The van der Waals surface area contributed by atoms with Gasteiger partial charge in [0.2, 0.25) is 11.8 Å². The predicted molar refractivity (Wildman–Crippen MR) is 60.8 cm³/mol. The quantitative estimate of drug-likeness (QED) is 0.746. The van der Waals surface area contributed by atoms with Crippen LogP contribution in [0.4, 0.5) is 5.69 Å². The monoisotopic (exact) mass is 236 g/mol. The van der Waals surface area contributed by atoms with Crippen LogP contribution in [0.2, 0.25) is 0 Å². The lowest BCUT2D eigenvalue weighted by Gasteiger charge is -2.03. The average molecular weight is 236 g/mol. The van der Waals surface area contributed by atoms with E-state index in [1.807, 2.05) is 6.92 Å². The maximum atomic E-state index is 11.2. The van der Waals surface area contributed by atoms with Gasteiger partial charge in [0.15, 0.2) is 0 Å². The molecule has 0 aromatic carbocycles. The number of aliphatic carboxylic acids is 1. The van der Waals surface area contributed by atoms with E-state index in [4.69, 9.17) is 9.84 Å². The Balaban J connectivity index is 2.57. The molecule has 6 nitrogen and oxygen atoms in total. The van der Waals surface area contributed by atoms with E-state index in [0.29, 0.717) is 18.2 Å². The molecule has 0 atom stereocenters. The molecule has 6 heteroatoms. The van der Waals surface area contributed by atoms with Crippen LogP contribution in [-0.4, -0.2) is 28.6 Å². The largest absolute Gasteiger partial charge is 0.478 e. The Kier molecular flexibility index (Phi) is 4.68. The van der Waals surface area contributed by atoms with Crippen LogP contribution in [0.25, 0.3) is 0 Å². The van der Waals surface area contributed by atoms with Crippen LogP contribution < -0.4 is 10.1 Å². The second-order valence-electron chi connectivity index (χ2n) is 2.98. The minimum absolute atomic E-state index is 0.464. The standard InChI is InChI=1S/C11H12N2O4/c1-2-17-10-5-3-8(7-12-10)13-9(14)4-6-11(15)16/h3-7H,2H2,1H3,(H,13,14)(H,15,16). The number of carbonyl (C=O) groups excluding carboxylic acids is 1. The van der Waals surface area contributed by atoms with Crippen molar-refractivity contribution in [2.75, 3.05) is 11.9 Å². The fourth-order valence-corrected chi connectivity index (χ4v) is 1.02. The number of carboxylic acids is 1. The number of rotatable bonds is 5. The van der Waals surface area contributed by atoms with Gasteiger partial charge in [-0.25, -0.2) is 9.78 Å². The van der Waals surface area contributed by atoms with E-state index in [9.17, 15) is 9.59 Å². The summed E-state index contributed by atoms with van der Waals surface area (Å²) in [6, 6.07) is 3.23. The molecule has 0 unspecified atom stereocenters. The van der Waals surface area contributed by atoms with E-state index in [1.54, 1.807) is 12.1 Å². The van der Waals surface area contributed by atoms with E-state index in [1.165, 1.54) is 6.20 Å². The Labute approximate surface area is 97.9 Å². The molecule has 1 amide bonds. The summed E-state index contributed by atoms with van der Waals surface area (Å²) < 4.78 is 5.13. The molecule has 0 aliphatic rings. The lowest BCUT2D eigenvalue weighted by atomic mass is 10.4. The van der Waals surface area contributed by atoms with Crippen LogP contribution in [0, 0.1) is 0 Å². The van der Waals surface area contributed by atoms with Crippen molar-refractivity contribution < 1.29 is 19.4 Å². The summed E-state index contributed by atoms with van der Waals surface area (Å²) in [6.07, 6.45) is 3.12. The van der Waals surface area contributed by atoms with Crippen molar-refractivity contribution in [3.8, 4) is 5.88 Å². The fraction of sp³-hybridized carbons (Fsp3) is 0.182. The summed E-state index contributed by atoms with van der Waals surface area (Å²) in [7, 11) is 0. The van der Waals surface area contributed by atoms with Gasteiger partial charge in [0.05, 0.1) is 18.5 Å². The van der Waals surface area contributed by atoms with E-state index >= 15 is 0 Å². The van der Waals surface area contributed by atoms with Crippen LogP contribution in [0.5, 0.6) is 5.88 Å². The van der Waals surface area contributed by atoms with Crippen molar-refractivity contribution in [3.63, 3.8) is 0 Å². The summed E-state index contributed by atoms with van der Waals surface area (Å²) in [5.41, 5.74) is 0.466. The Morgan fingerprint density at radius 3 is 2.76 bits per heavy atom. The Morgan fingerprint density at radius 1 is 1.47 bits per heavy atom. The summed E-state index contributed by atoms with van der Waals surface area (Å²) >= 11 is 0. The number of amides is 1. The van der Waals surface area contributed by atoms with Gasteiger partial charge < -0.3 is 15.2 Å². The minimum Gasteiger partial charge on any atom is -0.478 e. The molecular formula is C11H12N2O4. The lowest BCUT2D eigenvalue weighted by Crippen LogP contribution is -2.09. The number of nitrogens with zero attached hydrogens (tertiary/aromatic N) is 1. The highest BCUT2D eigenvalue weighted by Gasteiger charge is 2.00. The summed E-state index contributed by atoms with van der Waals surface area (Å²) in [6.45, 7) is 2.36. The number of hydrogen-bond acceptors (Lipinski definition) is 4. The molecule has 0 radical (unpaired) electrons. The summed E-state index contributed by atoms with van der Waals surface area (Å²) in [5.74, 6) is -1.24. The molecule has 1 aromatic heterocycles. The summed E-state index contributed by atoms with van der Waals surface area (Å²) in [4.78, 5) is 25.3. The molecule has 0 fully saturated rings. The SMILES string of the molecule is CCOc1ccc(NC(=O)C=CC(=O)O)cn1. The van der Waals surface area contributed by atoms with Crippen LogP contribution in [0.15, 0.2) is 30.5 Å². The lowest BCUT2D eigenvalue weighted by molar-refractivity contribution is -0.131. The van der Waals surface area contributed by atoms with Crippen LogP contribution in [0.3, 0.4) is 0 Å². The average Bonchev–Trinajstić information content (AvgIpc) is 2.29. The Bertz CT molecular complexity index is 426. The minimum atomic E-state index is -1.18. The van der Waals surface area contributed by atoms with Crippen LogP contribution >= 0.6 is 0 Å². The van der Waals surface area contributed by atoms with Gasteiger partial charge in [-0.2, -0.15) is 0 Å². The van der Waals surface area contributed by atoms with Gasteiger partial charge in [0.25, 0.3) is 0 Å². The second-order valence-corrected chi connectivity index (χ2v) is 2.98. The normalized spacial score (nSPS) is 10.2. The second kappa shape index (κ2) is 6.26. The molecule has 17 heavy (non-hydrogen) atoms. The topological polar surface area (TPSA) is 88.5 Å². The number of aromatic nitrogens is 1. The van der Waals surface area contributed by atoms with E-state index in [-0.39, 0.29) is 0 Å². The number of carbonyl (C=O) groups is 2. The van der Waals surface area contributed by atoms with Gasteiger partial charge in [-0.15, -0.1) is 0 Å². The molecule has 0 aliphatic carbocycles. The van der Waals surface area contributed by atoms with Gasteiger partial charge in [-0.1, -0.05) is 0 Å². The molecule has 0 spiro atoms. The zero-order valence-electron chi connectivity index (χ0n) is 9.21. The van der Waals surface area contributed by atoms with Crippen molar-refractivity contribution >= 4 is 17.6 Å². The first kappa shape index (κ1) is 12.7. The van der Waals surface area contributed by atoms with Crippen LogP contribution in [-0.2, 0) is 9.59 Å². The van der Waals surface area contributed by atoms with Crippen molar-refractivity contribution in [2.24, 2.45) is 0 Å². The van der Waals surface area contributed by atoms with Gasteiger partial charge >= 0.3 is 5.97 Å². The van der Waals surface area contributed by atoms with Gasteiger partial charge in [0.1, 0.15) is 0 Å². The van der Waals surface area contributed by atoms with Crippen molar-refractivity contribution in [1.82, 2.24) is 4.98 Å². The maximum Gasteiger partial charge on any atom is 0.328 e. The number of hydrogen-bond donors (Lipinski definition) is 2. The molecule has 1 heterocycles. The van der Waals surface area contributed by atoms with E-state index in [0.717, 1.165) is 12.2 Å². The zero-order chi connectivity index (χ0) is 12.7. The first-order chi connectivity index (χ1) is 8.11. The first-order valence-corrected chi connectivity index (χ1v) is 4.92. The smallest absolute Gasteiger partial charge is 0.328 e. The molecule has 0 aliphatic heterocycles. The Hall–Kier alpha value is -2.37. The molecule has 1 rings (SSSR count). The van der Waals surface area contributed by atoms with Crippen molar-refractivity contribution in [3.05, 3.63) is 30.5 Å². The zero-order valence-corrected chi connectivity index (χ0v) is 9.21. The number of nitrogens with one attached hydrogen (secondary N) is 1. The van der Waals surface area contributed by atoms with Gasteiger partial charge in [0, 0.05) is 18.2 Å². The highest BCUT2D eigenvalue weighted by atomic mass is 16.5. The maximum absolute atomic E-state index is 11.2. The van der Waals surface area contributed by atoms with E-state index in [2.05, 4.69) is 10.3 Å². The number of pyridine rings is 1. The number of carboxylic acid groups (broad SMARTS) is 1. The predicted octanol–water partition coefficient (Wildman–Crippen LogP) is 1.06. The molecule has 90 valence electrons. The third-order valence-electron chi connectivity index (χ3n) is 1.67. The van der Waals surface area contributed by atoms with Crippen molar-refractivity contribution in [2.45, 2.75) is 6.92 Å².